The molecule has 4 aliphatic carbocycles. The van der Waals surface area contributed by atoms with E-state index < -0.39 is 27.4 Å². The fourth-order valence-electron chi connectivity index (χ4n) is 8.02. The first-order valence-corrected chi connectivity index (χ1v) is 11.3. The van der Waals surface area contributed by atoms with Crippen molar-refractivity contribution in [1.82, 2.24) is 0 Å². The molecule has 0 bridgehead atoms. The number of hydrogen-bond acceptors (Lipinski definition) is 5. The third-order valence-electron chi connectivity index (χ3n) is 9.32. The van der Waals surface area contributed by atoms with Gasteiger partial charge >= 0.3 is 5.97 Å². The summed E-state index contributed by atoms with van der Waals surface area (Å²) >= 11 is 7.47. The molecule has 0 radical (unpaired) electrons. The predicted octanol–water partition coefficient (Wildman–Crippen LogP) is 3.68. The SMILES string of the molecule is COC(=O)[C@@]1(OC)[C@H](C)CC2C3C[C@H](C)C4=CC(=O)C=CC4(C)[C@@]3(Cl)C(O)CC21C. The molecule has 9 atom stereocenters. The fourth-order valence-corrected chi connectivity index (χ4v) is 8.52. The van der Waals surface area contributed by atoms with Crippen LogP contribution in [0.15, 0.2) is 23.8 Å². The van der Waals surface area contributed by atoms with E-state index in [1.54, 1.807) is 19.3 Å². The second-order valence-electron chi connectivity index (χ2n) is 10.4. The molecular formula is C24H33ClO5. The van der Waals surface area contributed by atoms with Crippen molar-refractivity contribution in [3.63, 3.8) is 0 Å². The van der Waals surface area contributed by atoms with Crippen LogP contribution in [0.4, 0.5) is 0 Å². The van der Waals surface area contributed by atoms with Gasteiger partial charge in [0.15, 0.2) is 11.4 Å². The van der Waals surface area contributed by atoms with E-state index in [9.17, 15) is 14.7 Å². The zero-order valence-electron chi connectivity index (χ0n) is 18.7. The van der Waals surface area contributed by atoms with Gasteiger partial charge in [-0.2, -0.15) is 0 Å². The molecule has 0 heterocycles. The van der Waals surface area contributed by atoms with Crippen molar-refractivity contribution in [3.05, 3.63) is 23.8 Å². The van der Waals surface area contributed by atoms with Crippen LogP contribution in [0.3, 0.4) is 0 Å². The standard InChI is InChI=1S/C24H33ClO5/c1-13-9-18-17-10-14(2)24(30-6,20(28)29-5)22(17,4)12-19(27)23(18,25)21(3)8-7-15(26)11-16(13)21/h7-8,11,13-14,17-19,27H,9-10,12H2,1-6H3/t13-,14+,17?,18?,19?,21?,22?,23-,24-/m0/s1. The summed E-state index contributed by atoms with van der Waals surface area (Å²) in [5, 5.41) is 11.6. The number of carbonyl (C=O) groups excluding carboxylic acids is 2. The maximum absolute atomic E-state index is 13.1. The van der Waals surface area contributed by atoms with E-state index in [0.717, 1.165) is 18.4 Å². The molecule has 0 amide bonds. The number of ether oxygens (including phenoxy) is 2. The fraction of sp³-hybridized carbons (Fsp3) is 0.750. The minimum absolute atomic E-state index is 0.0261. The van der Waals surface area contributed by atoms with Gasteiger partial charge in [-0.3, -0.25) is 4.79 Å². The van der Waals surface area contributed by atoms with E-state index in [0.29, 0.717) is 6.42 Å². The highest BCUT2D eigenvalue weighted by molar-refractivity contribution is 6.26. The van der Waals surface area contributed by atoms with Crippen LogP contribution < -0.4 is 0 Å². The van der Waals surface area contributed by atoms with Crippen LogP contribution in [0, 0.1) is 34.5 Å². The van der Waals surface area contributed by atoms with Gasteiger partial charge in [-0.05, 0) is 55.1 Å². The molecule has 4 rings (SSSR count). The summed E-state index contributed by atoms with van der Waals surface area (Å²) in [6.45, 7) is 8.27. The van der Waals surface area contributed by atoms with Gasteiger partial charge < -0.3 is 14.6 Å². The largest absolute Gasteiger partial charge is 0.467 e. The highest BCUT2D eigenvalue weighted by Crippen LogP contribution is 2.72. The molecule has 30 heavy (non-hydrogen) atoms. The minimum atomic E-state index is -1.12. The number of methoxy groups -OCH3 is 2. The number of allylic oxidation sites excluding steroid dienone is 4. The van der Waals surface area contributed by atoms with Crippen molar-refractivity contribution < 1.29 is 24.2 Å². The summed E-state index contributed by atoms with van der Waals surface area (Å²) in [7, 11) is 2.96. The molecular weight excluding hydrogens is 404 g/mol. The maximum Gasteiger partial charge on any atom is 0.338 e. The number of aliphatic hydroxyl groups is 1. The van der Waals surface area contributed by atoms with Crippen molar-refractivity contribution in [1.29, 1.82) is 0 Å². The predicted molar refractivity (Wildman–Crippen MR) is 114 cm³/mol. The summed E-state index contributed by atoms with van der Waals surface area (Å²) < 4.78 is 11.2. The molecule has 0 spiro atoms. The molecule has 6 heteroatoms. The van der Waals surface area contributed by atoms with Crippen LogP contribution >= 0.6 is 11.6 Å². The molecule has 166 valence electrons. The number of fused-ring (bicyclic) bond motifs is 5. The van der Waals surface area contributed by atoms with Crippen LogP contribution in [-0.2, 0) is 19.1 Å². The number of rotatable bonds is 2. The maximum atomic E-state index is 13.1. The quantitative estimate of drug-likeness (QED) is 0.528. The lowest BCUT2D eigenvalue weighted by atomic mass is 9.44. The average Bonchev–Trinajstić information content (AvgIpc) is 2.92. The topological polar surface area (TPSA) is 72.8 Å². The number of ketones is 1. The first-order valence-electron chi connectivity index (χ1n) is 10.9. The first-order chi connectivity index (χ1) is 13.9. The lowest BCUT2D eigenvalue weighted by Gasteiger charge is -2.65. The van der Waals surface area contributed by atoms with E-state index in [4.69, 9.17) is 21.1 Å². The Morgan fingerprint density at radius 3 is 2.47 bits per heavy atom. The van der Waals surface area contributed by atoms with Crippen molar-refractivity contribution >= 4 is 23.4 Å². The lowest BCUT2D eigenvalue weighted by Crippen LogP contribution is -2.70. The molecule has 0 aliphatic heterocycles. The molecule has 0 aromatic rings. The second-order valence-corrected chi connectivity index (χ2v) is 11.0. The van der Waals surface area contributed by atoms with Gasteiger partial charge in [-0.15, -0.1) is 11.6 Å². The van der Waals surface area contributed by atoms with Gasteiger partial charge in [0.2, 0.25) is 0 Å². The monoisotopic (exact) mass is 436 g/mol. The Labute approximate surface area is 183 Å². The van der Waals surface area contributed by atoms with Crippen molar-refractivity contribution in [3.8, 4) is 0 Å². The molecule has 3 fully saturated rings. The van der Waals surface area contributed by atoms with Gasteiger partial charge in [0, 0.05) is 17.9 Å². The Bertz CT molecular complexity index is 851. The lowest BCUT2D eigenvalue weighted by molar-refractivity contribution is -0.205. The average molecular weight is 437 g/mol. The van der Waals surface area contributed by atoms with E-state index in [1.807, 2.05) is 19.9 Å². The summed E-state index contributed by atoms with van der Waals surface area (Å²) in [5.41, 5.74) is -1.36. The van der Waals surface area contributed by atoms with Gasteiger partial charge in [0.05, 0.1) is 18.1 Å². The molecule has 0 aromatic carbocycles. The van der Waals surface area contributed by atoms with E-state index in [2.05, 4.69) is 13.8 Å². The van der Waals surface area contributed by atoms with Crippen LogP contribution in [0.5, 0.6) is 0 Å². The molecule has 4 aliphatic rings. The Morgan fingerprint density at radius 2 is 1.87 bits per heavy atom. The summed E-state index contributed by atoms with van der Waals surface area (Å²) in [6.07, 6.45) is 6.19. The third kappa shape index (κ3) is 2.27. The van der Waals surface area contributed by atoms with E-state index >= 15 is 0 Å². The smallest absolute Gasteiger partial charge is 0.338 e. The van der Waals surface area contributed by atoms with Crippen molar-refractivity contribution in [2.75, 3.05) is 14.2 Å². The zero-order valence-corrected chi connectivity index (χ0v) is 19.5. The number of aliphatic hydroxyl groups excluding tert-OH is 1. The molecule has 5 nitrogen and oxygen atoms in total. The normalized spacial score (nSPS) is 52.2. The molecule has 0 saturated heterocycles. The number of alkyl halides is 1. The number of carbonyl (C=O) groups is 2. The highest BCUT2D eigenvalue weighted by Gasteiger charge is 2.76. The number of hydrogen-bond donors (Lipinski definition) is 1. The van der Waals surface area contributed by atoms with Crippen LogP contribution in [-0.4, -0.2) is 47.7 Å². The summed E-state index contributed by atoms with van der Waals surface area (Å²) in [6, 6.07) is 0. The number of esters is 1. The van der Waals surface area contributed by atoms with E-state index in [-0.39, 0.29) is 35.4 Å². The van der Waals surface area contributed by atoms with Crippen LogP contribution in [0.1, 0.15) is 47.0 Å². The van der Waals surface area contributed by atoms with Gasteiger partial charge in [0.25, 0.3) is 0 Å². The number of halogens is 1. The minimum Gasteiger partial charge on any atom is -0.467 e. The molecule has 1 N–H and O–H groups in total. The molecule has 0 aromatic heterocycles. The summed E-state index contributed by atoms with van der Waals surface area (Å²) in [5.74, 6) is -0.273. The molecule has 5 unspecified atom stereocenters. The van der Waals surface area contributed by atoms with Crippen molar-refractivity contribution in [2.45, 2.75) is 63.5 Å². The molecule has 3 saturated carbocycles. The van der Waals surface area contributed by atoms with E-state index in [1.165, 1.54) is 7.11 Å². The summed E-state index contributed by atoms with van der Waals surface area (Å²) in [4.78, 5) is 24.2. The van der Waals surface area contributed by atoms with Gasteiger partial charge in [-0.25, -0.2) is 4.79 Å². The Kier molecular flexibility index (Phi) is 4.90. The second kappa shape index (κ2) is 6.66. The Hall–Kier alpha value is -1.17. The first kappa shape index (κ1) is 22.0. The highest BCUT2D eigenvalue weighted by atomic mass is 35.5. The van der Waals surface area contributed by atoms with Crippen molar-refractivity contribution in [2.24, 2.45) is 34.5 Å². The Balaban J connectivity index is 1.88. The Morgan fingerprint density at radius 1 is 1.20 bits per heavy atom. The van der Waals surface area contributed by atoms with Crippen LogP contribution in [0.2, 0.25) is 0 Å². The zero-order chi connectivity index (χ0) is 22.3. The van der Waals surface area contributed by atoms with Gasteiger partial charge in [-0.1, -0.05) is 39.3 Å². The van der Waals surface area contributed by atoms with Crippen LogP contribution in [0.25, 0.3) is 0 Å². The van der Waals surface area contributed by atoms with Gasteiger partial charge in [0.1, 0.15) is 0 Å². The third-order valence-corrected chi connectivity index (χ3v) is 10.2.